The summed E-state index contributed by atoms with van der Waals surface area (Å²) >= 11 is 0. The quantitative estimate of drug-likeness (QED) is 0.634. The van der Waals surface area contributed by atoms with Gasteiger partial charge in [-0.2, -0.15) is 0 Å². The topological polar surface area (TPSA) is 72.8 Å². The second-order valence-electron chi connectivity index (χ2n) is 1.94. The summed E-state index contributed by atoms with van der Waals surface area (Å²) in [5.74, 6) is -0.0962. The average molecular weight is 182 g/mol. The van der Waals surface area contributed by atoms with Gasteiger partial charge in [-0.1, -0.05) is 0 Å². The monoisotopic (exact) mass is 182 g/mol. The summed E-state index contributed by atoms with van der Waals surface area (Å²) in [5, 5.41) is 0. The summed E-state index contributed by atoms with van der Waals surface area (Å²) in [6, 6.07) is 0. The lowest BCUT2D eigenvalue weighted by atomic mass is 10.3. The fraction of sp³-hybridized carbons (Fsp3) is 0.800. The van der Waals surface area contributed by atoms with E-state index < -0.39 is 7.82 Å². The molecule has 1 unspecified atom stereocenters. The third-order valence-corrected chi connectivity index (χ3v) is 1.91. The molecule has 0 bridgehead atoms. The first-order chi connectivity index (χ1) is 4.98. The van der Waals surface area contributed by atoms with E-state index in [9.17, 15) is 9.36 Å². The highest BCUT2D eigenvalue weighted by Gasteiger charge is 2.17. The number of carbonyl (C=O) groups excluding carboxylic acids is 1. The van der Waals surface area contributed by atoms with Crippen molar-refractivity contribution in [2.24, 2.45) is 0 Å². The second kappa shape index (κ2) is 4.62. The Hall–Kier alpha value is -0.220. The van der Waals surface area contributed by atoms with E-state index in [4.69, 9.17) is 4.89 Å². The van der Waals surface area contributed by atoms with Gasteiger partial charge in [-0.05, 0) is 6.92 Å². The van der Waals surface area contributed by atoms with E-state index in [0.717, 1.165) is 7.11 Å². The molecule has 11 heavy (non-hydrogen) atoms. The number of ketones is 1. The van der Waals surface area contributed by atoms with Crippen molar-refractivity contribution in [3.8, 4) is 0 Å². The maximum atomic E-state index is 10.6. The van der Waals surface area contributed by atoms with E-state index in [-0.39, 0.29) is 18.8 Å². The Morgan fingerprint density at radius 3 is 2.55 bits per heavy atom. The van der Waals surface area contributed by atoms with Gasteiger partial charge in [-0.15, -0.1) is 0 Å². The standard InChI is InChI=1S/C5H11O5P/c1-5(6)3-4-10-11(7,8)9-2/h3-4H2,1-2H3,(H,7,8). The van der Waals surface area contributed by atoms with Crippen LogP contribution in [0.15, 0.2) is 0 Å². The molecule has 0 aromatic carbocycles. The van der Waals surface area contributed by atoms with Crippen LogP contribution in [0.1, 0.15) is 13.3 Å². The van der Waals surface area contributed by atoms with Crippen LogP contribution in [0.4, 0.5) is 0 Å². The summed E-state index contributed by atoms with van der Waals surface area (Å²) in [6.45, 7) is 1.29. The van der Waals surface area contributed by atoms with Crippen molar-refractivity contribution in [1.82, 2.24) is 0 Å². The average Bonchev–Trinajstić information content (AvgIpc) is 1.87. The molecule has 0 radical (unpaired) electrons. The minimum atomic E-state index is -3.88. The summed E-state index contributed by atoms with van der Waals surface area (Å²) < 4.78 is 19.0. The van der Waals surface area contributed by atoms with Crippen molar-refractivity contribution in [1.29, 1.82) is 0 Å². The zero-order chi connectivity index (χ0) is 8.91. The first-order valence-corrected chi connectivity index (χ1v) is 4.50. The summed E-state index contributed by atoms with van der Waals surface area (Å²) in [6.07, 6.45) is 0.119. The summed E-state index contributed by atoms with van der Waals surface area (Å²) in [5.41, 5.74) is 0. The largest absolute Gasteiger partial charge is 0.471 e. The molecule has 0 spiro atoms. The van der Waals surface area contributed by atoms with Crippen LogP contribution in [-0.2, 0) is 18.4 Å². The van der Waals surface area contributed by atoms with Gasteiger partial charge in [0.15, 0.2) is 0 Å². The van der Waals surface area contributed by atoms with Crippen molar-refractivity contribution in [3.63, 3.8) is 0 Å². The molecule has 0 saturated carbocycles. The number of hydrogen-bond acceptors (Lipinski definition) is 4. The van der Waals surface area contributed by atoms with Crippen molar-refractivity contribution >= 4 is 13.6 Å². The molecule has 0 heterocycles. The Morgan fingerprint density at radius 1 is 1.64 bits per heavy atom. The fourth-order valence-corrected chi connectivity index (χ4v) is 0.785. The molecule has 0 rings (SSSR count). The van der Waals surface area contributed by atoms with Crippen LogP contribution in [0.25, 0.3) is 0 Å². The molecule has 6 heteroatoms. The van der Waals surface area contributed by atoms with Gasteiger partial charge in [-0.25, -0.2) is 4.57 Å². The second-order valence-corrected chi connectivity index (χ2v) is 3.50. The molecule has 0 aliphatic carbocycles. The normalized spacial score (nSPS) is 15.9. The van der Waals surface area contributed by atoms with E-state index in [0.29, 0.717) is 0 Å². The molecule has 0 aromatic heterocycles. The maximum Gasteiger partial charge on any atom is 0.471 e. The molecule has 66 valence electrons. The lowest BCUT2D eigenvalue weighted by Crippen LogP contribution is -1.99. The van der Waals surface area contributed by atoms with Crippen LogP contribution in [0, 0.1) is 0 Å². The fourth-order valence-electron chi connectivity index (χ4n) is 0.357. The van der Waals surface area contributed by atoms with Gasteiger partial charge in [0, 0.05) is 13.5 Å². The number of carbonyl (C=O) groups is 1. The SMILES string of the molecule is COP(=O)(O)OCCC(C)=O. The highest BCUT2D eigenvalue weighted by molar-refractivity contribution is 7.47. The van der Waals surface area contributed by atoms with Gasteiger partial charge < -0.3 is 4.89 Å². The van der Waals surface area contributed by atoms with E-state index >= 15 is 0 Å². The smallest absolute Gasteiger partial charge is 0.303 e. The number of phosphoric acid groups is 1. The van der Waals surface area contributed by atoms with Crippen molar-refractivity contribution in [3.05, 3.63) is 0 Å². The zero-order valence-corrected chi connectivity index (χ0v) is 7.34. The molecule has 5 nitrogen and oxygen atoms in total. The lowest BCUT2D eigenvalue weighted by Gasteiger charge is -2.06. The number of rotatable bonds is 5. The maximum absolute atomic E-state index is 10.6. The third-order valence-electron chi connectivity index (χ3n) is 0.939. The lowest BCUT2D eigenvalue weighted by molar-refractivity contribution is -0.117. The minimum Gasteiger partial charge on any atom is -0.303 e. The van der Waals surface area contributed by atoms with Crippen LogP contribution in [-0.4, -0.2) is 24.4 Å². The van der Waals surface area contributed by atoms with Gasteiger partial charge in [0.05, 0.1) is 6.61 Å². The van der Waals surface area contributed by atoms with E-state index in [1.807, 2.05) is 0 Å². The van der Waals surface area contributed by atoms with Crippen LogP contribution >= 0.6 is 7.82 Å². The van der Waals surface area contributed by atoms with E-state index in [2.05, 4.69) is 9.05 Å². The molecular weight excluding hydrogens is 171 g/mol. The van der Waals surface area contributed by atoms with Crippen LogP contribution < -0.4 is 0 Å². The third kappa shape index (κ3) is 6.19. The number of hydrogen-bond donors (Lipinski definition) is 1. The molecule has 0 aromatic rings. The molecule has 0 saturated heterocycles. The van der Waals surface area contributed by atoms with Crippen LogP contribution in [0.5, 0.6) is 0 Å². The Morgan fingerprint density at radius 2 is 2.18 bits per heavy atom. The number of Topliss-reactive ketones (excluding diaryl/α,β-unsaturated/α-hetero) is 1. The highest BCUT2D eigenvalue weighted by atomic mass is 31.2. The predicted molar refractivity (Wildman–Crippen MR) is 38.1 cm³/mol. The van der Waals surface area contributed by atoms with Gasteiger partial charge in [0.1, 0.15) is 5.78 Å². The Balaban J connectivity index is 3.54. The summed E-state index contributed by atoms with van der Waals surface area (Å²) in [4.78, 5) is 19.0. The molecular formula is C5H11O5P. The zero-order valence-electron chi connectivity index (χ0n) is 6.44. The van der Waals surface area contributed by atoms with Crippen molar-refractivity contribution in [2.75, 3.05) is 13.7 Å². The van der Waals surface area contributed by atoms with E-state index in [1.54, 1.807) is 0 Å². The predicted octanol–water partition coefficient (Wildman–Crippen LogP) is 0.729. The highest BCUT2D eigenvalue weighted by Crippen LogP contribution is 2.41. The molecule has 1 atom stereocenters. The van der Waals surface area contributed by atoms with Crippen molar-refractivity contribution < 1.29 is 23.3 Å². The molecule has 0 aliphatic rings. The van der Waals surface area contributed by atoms with Crippen LogP contribution in [0.2, 0.25) is 0 Å². The molecule has 0 aliphatic heterocycles. The first-order valence-electron chi connectivity index (χ1n) is 3.00. The molecule has 1 N–H and O–H groups in total. The molecule has 0 amide bonds. The first kappa shape index (κ1) is 10.8. The van der Waals surface area contributed by atoms with Gasteiger partial charge in [0.25, 0.3) is 0 Å². The van der Waals surface area contributed by atoms with Gasteiger partial charge >= 0.3 is 7.82 Å². The van der Waals surface area contributed by atoms with Gasteiger partial charge in [0.2, 0.25) is 0 Å². The Kier molecular flexibility index (Phi) is 4.52. The number of phosphoric ester groups is 1. The van der Waals surface area contributed by atoms with Gasteiger partial charge in [-0.3, -0.25) is 13.8 Å². The van der Waals surface area contributed by atoms with Crippen molar-refractivity contribution in [2.45, 2.75) is 13.3 Å². The summed E-state index contributed by atoms with van der Waals surface area (Å²) in [7, 11) is -2.82. The minimum absolute atomic E-state index is 0.0864. The van der Waals surface area contributed by atoms with E-state index in [1.165, 1.54) is 6.92 Å². The Labute approximate surface area is 64.9 Å². The Bertz CT molecular complexity index is 178. The van der Waals surface area contributed by atoms with Crippen LogP contribution in [0.3, 0.4) is 0 Å². The molecule has 0 fully saturated rings.